The molecule has 3 amide bonds. The molecule has 0 aromatic heterocycles. The zero-order valence-corrected chi connectivity index (χ0v) is 60.7. The maximum atomic E-state index is 13.0. The van der Waals surface area contributed by atoms with Gasteiger partial charge in [-0.05, 0) is 130 Å². The van der Waals surface area contributed by atoms with Crippen molar-refractivity contribution in [2.24, 2.45) is 0 Å². The number of carbonyl (C=O) groups excluding carboxylic acids is 3. The molecule has 5 N–H and O–H groups in total. The van der Waals surface area contributed by atoms with Crippen LogP contribution in [-0.4, -0.2) is 71.3 Å². The van der Waals surface area contributed by atoms with Gasteiger partial charge in [0.25, 0.3) is 17.7 Å². The van der Waals surface area contributed by atoms with Crippen molar-refractivity contribution >= 4 is 185 Å². The first-order valence-corrected chi connectivity index (χ1v) is 45.3. The zero-order chi connectivity index (χ0) is 67.2. The van der Waals surface area contributed by atoms with Crippen molar-refractivity contribution in [1.29, 1.82) is 0 Å². The van der Waals surface area contributed by atoms with Crippen molar-refractivity contribution in [3.8, 4) is 0 Å². The second-order valence-electron chi connectivity index (χ2n) is 17.9. The van der Waals surface area contributed by atoms with E-state index in [1.54, 1.807) is 19.1 Å². The number of hydrogen-bond acceptors (Lipinski definition) is 10. The van der Waals surface area contributed by atoms with Crippen LogP contribution in [0.4, 0.5) is 86.8 Å². The van der Waals surface area contributed by atoms with E-state index >= 15 is 0 Å². The minimum absolute atomic E-state index is 0. The number of nitrogens with one attached hydrogen (secondary N) is 3. The number of ether oxygens (including phenoxy) is 1. The Kier molecular flexibility index (Phi) is 34.8. The molecule has 482 valence electrons. The number of nitrogens with zero attached hydrogens (tertiary/aromatic N) is 3. The summed E-state index contributed by atoms with van der Waals surface area (Å²) < 4.78 is 184. The monoisotopic (exact) mass is 1990 g/mol. The number of epoxide rings is 1. The number of thiol groups is 1. The van der Waals surface area contributed by atoms with Crippen LogP contribution in [0.25, 0.3) is 14.5 Å². The van der Waals surface area contributed by atoms with Gasteiger partial charge in [0.2, 0.25) is 0 Å². The van der Waals surface area contributed by atoms with Crippen LogP contribution in [0.2, 0.25) is 0 Å². The van der Waals surface area contributed by atoms with Crippen LogP contribution in [0, 0.1) is 37.2 Å². The number of benzene rings is 6. The van der Waals surface area contributed by atoms with Crippen LogP contribution in [-0.2, 0) is 47.5 Å². The Morgan fingerprint density at radius 1 is 0.618 bits per heavy atom. The van der Waals surface area contributed by atoms with Crippen molar-refractivity contribution in [2.45, 2.75) is 70.8 Å². The Morgan fingerprint density at radius 3 is 1.25 bits per heavy atom. The van der Waals surface area contributed by atoms with Crippen LogP contribution in [0.15, 0.2) is 142 Å². The number of halogens is 18. The number of amides is 3. The fraction of sp³-hybridized carbons (Fsp3) is 0.222. The summed E-state index contributed by atoms with van der Waals surface area (Å²) in [5, 5.41) is 27.2. The van der Waals surface area contributed by atoms with E-state index in [9.17, 15) is 85.7 Å². The molecule has 14 nitrogen and oxygen atoms in total. The first-order chi connectivity index (χ1) is 40.7. The molecule has 6 aromatic rings. The average Bonchev–Trinajstić information content (AvgIpc) is 3.39. The largest absolute Gasteiger partial charge is 0.407 e. The molecule has 0 radical (unpaired) electrons. The third-order valence-electron chi connectivity index (χ3n) is 10.9. The number of sulfone groups is 1. The Bertz CT molecular complexity index is 3590. The van der Waals surface area contributed by atoms with Gasteiger partial charge in [-0.2, -0.15) is 39.5 Å². The molecule has 35 heteroatoms. The SMILES string of the molecule is Fc1ccc(S)cc1.I.II.I[I-]I.[C-]#[N+]c1ccc(NC(=O)C(C)(O)CS(=O)(=O)c2ccc(F)cc2)cc1C(F)(F)F.[C-]#[N+]c1ccc(NC(=O)C(C)(O)CSc2ccc(F)cc2)cc1C(F)(F)F.[C-]#[N+]c1ccc(NC(=O)C2(C)CO2)cc1C(F)(F)F. The van der Waals surface area contributed by atoms with E-state index < -0.39 is 114 Å². The summed E-state index contributed by atoms with van der Waals surface area (Å²) in [7, 11) is -4.21. The van der Waals surface area contributed by atoms with Gasteiger partial charge in [0.1, 0.15) is 23.1 Å². The summed E-state index contributed by atoms with van der Waals surface area (Å²) >= 11 is 14.6. The first-order valence-electron chi connectivity index (χ1n) is 23.4. The molecule has 3 unspecified atom stereocenters. The summed E-state index contributed by atoms with van der Waals surface area (Å²) in [5.41, 5.74) is -11.2. The normalized spacial score (nSPS) is 14.4. The fourth-order valence-electron chi connectivity index (χ4n) is 6.27. The summed E-state index contributed by atoms with van der Waals surface area (Å²) in [4.78, 5) is 45.6. The molecule has 6 aromatic carbocycles. The minimum Gasteiger partial charge on any atom is -0.379 e. The second-order valence-corrected chi connectivity index (χ2v) is 37.7. The summed E-state index contributed by atoms with van der Waals surface area (Å²) in [5.74, 6) is -5.20. The predicted molar refractivity (Wildman–Crippen MR) is 355 cm³/mol. The smallest absolute Gasteiger partial charge is 0.379 e. The molecule has 0 aliphatic carbocycles. The van der Waals surface area contributed by atoms with Gasteiger partial charge in [0, 0.05) is 69.8 Å². The molecule has 0 saturated carbocycles. The van der Waals surface area contributed by atoms with E-state index in [-0.39, 0.29) is 64.1 Å². The number of rotatable bonds is 12. The molecule has 0 spiro atoms. The van der Waals surface area contributed by atoms with Gasteiger partial charge < -0.3 is 30.9 Å². The maximum absolute atomic E-state index is 13.0. The molecule has 89 heavy (non-hydrogen) atoms. The van der Waals surface area contributed by atoms with E-state index in [0.717, 1.165) is 84.2 Å². The molecule has 3 atom stereocenters. The van der Waals surface area contributed by atoms with Crippen molar-refractivity contribution in [3.05, 3.63) is 196 Å². The Hall–Kier alpha value is -3.73. The Balaban J connectivity index is 0.000000610. The van der Waals surface area contributed by atoms with Gasteiger partial charge in [0.05, 0.1) is 53.7 Å². The molecule has 0 bridgehead atoms. The van der Waals surface area contributed by atoms with Crippen LogP contribution < -0.4 is 29.2 Å². The predicted octanol–water partition coefficient (Wildman–Crippen LogP) is 14.7. The quantitative estimate of drug-likeness (QED) is 0.0132. The van der Waals surface area contributed by atoms with E-state index in [1.807, 2.05) is 5.32 Å². The standard InChI is InChI=1S/C18H14F4N2O4S.C18H14F4N2O2S.C12H9F3N2O2.C6H5FS.I3.I2.HI/c1-17(26,10-29(27,28)13-6-3-11(19)4-7-13)16(25)24-12-5-8-15(23-2)14(9-12)18(20,21)22;1-17(26,10-27-13-6-3-11(19)4-7-13)16(25)24-12-5-8-15(23-2)14(9-12)18(20,21)22;1-11(6-19-11)10(18)17-7-3-4-9(16-2)8(5-7)12(13,14)15;7-5-1-3-6(8)4-2-5;1-3-2;1-2;/h3-9,26H,10H2,1H3,(H,24,25);3-9,26H,10H2,1H3,(H,24,25);3-5H,6H2,1H3,(H,17,18);1-4,8H;;;1H/q;;;;-1;;. The third-order valence-corrected chi connectivity index (χ3v) is 14.4. The van der Waals surface area contributed by atoms with Crippen molar-refractivity contribution in [1.82, 2.24) is 0 Å². The molecule has 1 aliphatic heterocycles. The second kappa shape index (κ2) is 37.2. The van der Waals surface area contributed by atoms with Gasteiger partial charge in [-0.1, -0.05) is 18.2 Å². The third kappa shape index (κ3) is 28.2. The molecule has 1 saturated heterocycles. The van der Waals surface area contributed by atoms with Crippen LogP contribution in [0.5, 0.6) is 0 Å². The molecule has 7 rings (SSSR count). The van der Waals surface area contributed by atoms with Crippen molar-refractivity contribution in [3.63, 3.8) is 0 Å². The van der Waals surface area contributed by atoms with Crippen LogP contribution in [0.3, 0.4) is 0 Å². The van der Waals surface area contributed by atoms with Gasteiger partial charge >= 0.3 is 69.0 Å². The average molecular weight is 1990 g/mol. The topological polar surface area (TPSA) is 188 Å². The minimum atomic E-state index is -4.85. The molecular formula is C54H43F12I6N6O8S3-. The zero-order valence-electron chi connectivity index (χ0n) is 45.0. The number of aliphatic hydroxyl groups is 2. The summed E-state index contributed by atoms with van der Waals surface area (Å²) in [6, 6.07) is 23.2. The van der Waals surface area contributed by atoms with E-state index in [1.165, 1.54) is 49.4 Å². The van der Waals surface area contributed by atoms with Gasteiger partial charge in [-0.3, -0.25) is 14.4 Å². The number of carbonyl (C=O) groups is 3. The van der Waals surface area contributed by atoms with Crippen molar-refractivity contribution in [2.75, 3.05) is 34.1 Å². The molecular weight excluding hydrogens is 1950 g/mol. The number of thioether (sulfide) groups is 1. The van der Waals surface area contributed by atoms with Gasteiger partial charge in [-0.15, -0.1) is 48.4 Å². The molecule has 1 fully saturated rings. The maximum Gasteiger partial charge on any atom is 0.407 e. The number of hydrogen-bond donors (Lipinski definition) is 6. The van der Waals surface area contributed by atoms with Crippen LogP contribution >= 0.6 is 123 Å². The van der Waals surface area contributed by atoms with E-state index in [4.69, 9.17) is 24.5 Å². The van der Waals surface area contributed by atoms with Crippen LogP contribution in [0.1, 0.15) is 37.5 Å². The number of anilines is 3. The summed E-state index contributed by atoms with van der Waals surface area (Å²) in [6.45, 7) is 24.2. The molecule has 1 aliphatic rings. The van der Waals surface area contributed by atoms with Gasteiger partial charge in [0.15, 0.2) is 38.1 Å². The first kappa shape index (κ1) is 83.3. The number of alkyl halides is 9. The Morgan fingerprint density at radius 2 is 0.933 bits per heavy atom. The molecule has 1 heterocycles. The Labute approximate surface area is 582 Å². The van der Waals surface area contributed by atoms with E-state index in [2.05, 4.69) is 112 Å². The summed E-state index contributed by atoms with van der Waals surface area (Å²) in [6.07, 6.45) is -14.2. The van der Waals surface area contributed by atoms with Gasteiger partial charge in [-0.25, -0.2) is 36.1 Å². The fourth-order valence-corrected chi connectivity index (χ4v) is 8.92. The van der Waals surface area contributed by atoms with E-state index in [0.29, 0.717) is 30.3 Å². The van der Waals surface area contributed by atoms with Crippen molar-refractivity contribution < 1.29 is 104 Å².